The highest BCUT2D eigenvalue weighted by atomic mass is 19.4. The lowest BCUT2D eigenvalue weighted by Crippen LogP contribution is -2.49. The number of methoxy groups -OCH3 is 2. The van der Waals surface area contributed by atoms with E-state index in [4.69, 9.17) is 9.47 Å². The van der Waals surface area contributed by atoms with Gasteiger partial charge >= 0.3 is 6.18 Å². The van der Waals surface area contributed by atoms with E-state index in [1.165, 1.54) is 0 Å². The molecule has 0 bridgehead atoms. The minimum Gasteiger partial charge on any atom is -0.493 e. The zero-order chi connectivity index (χ0) is 21.7. The highest BCUT2D eigenvalue weighted by molar-refractivity contribution is 5.80. The first kappa shape index (κ1) is 23.2. The van der Waals surface area contributed by atoms with Crippen molar-refractivity contribution < 1.29 is 22.6 Å². The van der Waals surface area contributed by atoms with Crippen molar-refractivity contribution in [2.45, 2.75) is 57.2 Å². The summed E-state index contributed by atoms with van der Waals surface area (Å²) in [6.07, 6.45) is -2.56. The van der Waals surface area contributed by atoms with Crippen LogP contribution in [0.3, 0.4) is 0 Å². The Morgan fingerprint density at radius 3 is 2.41 bits per heavy atom. The molecule has 0 heterocycles. The molecule has 29 heavy (non-hydrogen) atoms. The molecular formula is C21H32F3N3O2. The Bertz CT molecular complexity index is 705. The molecule has 5 nitrogen and oxygen atoms in total. The summed E-state index contributed by atoms with van der Waals surface area (Å²) in [5.41, 5.74) is 0.783. The van der Waals surface area contributed by atoms with Gasteiger partial charge in [-0.3, -0.25) is 4.99 Å². The normalized spacial score (nSPS) is 20.9. The molecule has 2 N–H and O–H groups in total. The number of nitrogens with zero attached hydrogens (tertiary/aromatic N) is 1. The van der Waals surface area contributed by atoms with E-state index >= 15 is 0 Å². The molecule has 2 unspecified atom stereocenters. The average molecular weight is 416 g/mol. The van der Waals surface area contributed by atoms with Crippen LogP contribution in [-0.4, -0.2) is 46.0 Å². The molecule has 1 aromatic rings. The van der Waals surface area contributed by atoms with Crippen molar-refractivity contribution in [2.75, 3.05) is 27.8 Å². The van der Waals surface area contributed by atoms with Gasteiger partial charge < -0.3 is 20.1 Å². The molecule has 1 aliphatic carbocycles. The second-order valence-corrected chi connectivity index (χ2v) is 8.13. The van der Waals surface area contributed by atoms with Crippen LogP contribution in [0.5, 0.6) is 11.5 Å². The summed E-state index contributed by atoms with van der Waals surface area (Å²) < 4.78 is 49.8. The van der Waals surface area contributed by atoms with E-state index < -0.39 is 12.1 Å². The number of alkyl halides is 3. The smallest absolute Gasteiger partial charge is 0.391 e. The summed E-state index contributed by atoms with van der Waals surface area (Å²) in [7, 11) is 4.81. The molecular weight excluding hydrogens is 383 g/mol. The molecule has 0 aromatic heterocycles. The Kier molecular flexibility index (Phi) is 7.66. The number of benzene rings is 1. The van der Waals surface area contributed by atoms with Crippen molar-refractivity contribution in [3.05, 3.63) is 23.8 Å². The van der Waals surface area contributed by atoms with Gasteiger partial charge in [0.25, 0.3) is 0 Å². The van der Waals surface area contributed by atoms with Crippen LogP contribution in [0, 0.1) is 5.92 Å². The summed E-state index contributed by atoms with van der Waals surface area (Å²) in [6.45, 7) is 4.71. The minimum absolute atomic E-state index is 0.0866. The highest BCUT2D eigenvalue weighted by Crippen LogP contribution is 2.37. The summed E-state index contributed by atoms with van der Waals surface area (Å²) in [6, 6.07) is 5.55. The zero-order valence-corrected chi connectivity index (χ0v) is 17.8. The van der Waals surface area contributed by atoms with Gasteiger partial charge in [-0.2, -0.15) is 13.2 Å². The number of aliphatic imine (C=N–C) groups is 1. The van der Waals surface area contributed by atoms with Gasteiger partial charge in [-0.1, -0.05) is 26.3 Å². The van der Waals surface area contributed by atoms with Crippen LogP contribution in [0.4, 0.5) is 13.2 Å². The summed E-state index contributed by atoms with van der Waals surface area (Å²) >= 11 is 0. The highest BCUT2D eigenvalue weighted by Gasteiger charge is 2.42. The first-order valence-electron chi connectivity index (χ1n) is 9.87. The van der Waals surface area contributed by atoms with Crippen molar-refractivity contribution in [2.24, 2.45) is 10.9 Å². The van der Waals surface area contributed by atoms with E-state index in [1.54, 1.807) is 21.3 Å². The SMILES string of the molecule is CN=C(NCC(C)(C)c1ccc(OC)c(OC)c1)NC1CCCC(C(F)(F)F)C1. The maximum atomic E-state index is 13.0. The fourth-order valence-electron chi connectivity index (χ4n) is 3.67. The third kappa shape index (κ3) is 6.18. The molecule has 2 rings (SSSR count). The molecule has 1 aliphatic rings. The fourth-order valence-corrected chi connectivity index (χ4v) is 3.67. The quantitative estimate of drug-likeness (QED) is 0.538. The Balaban J connectivity index is 1.99. The Hall–Kier alpha value is -2.12. The fraction of sp³-hybridized carbons (Fsp3) is 0.667. The Labute approximate surface area is 171 Å². The van der Waals surface area contributed by atoms with E-state index in [-0.39, 0.29) is 24.3 Å². The van der Waals surface area contributed by atoms with Crippen LogP contribution < -0.4 is 20.1 Å². The van der Waals surface area contributed by atoms with E-state index in [9.17, 15) is 13.2 Å². The van der Waals surface area contributed by atoms with Crippen LogP contribution in [0.25, 0.3) is 0 Å². The topological polar surface area (TPSA) is 54.9 Å². The van der Waals surface area contributed by atoms with Crippen molar-refractivity contribution >= 4 is 5.96 Å². The van der Waals surface area contributed by atoms with Gasteiger partial charge in [-0.25, -0.2) is 0 Å². The van der Waals surface area contributed by atoms with Crippen LogP contribution in [0.2, 0.25) is 0 Å². The Morgan fingerprint density at radius 1 is 1.14 bits per heavy atom. The largest absolute Gasteiger partial charge is 0.493 e. The van der Waals surface area contributed by atoms with Gasteiger partial charge in [0, 0.05) is 25.0 Å². The van der Waals surface area contributed by atoms with Gasteiger partial charge in [0.05, 0.1) is 20.1 Å². The lowest BCUT2D eigenvalue weighted by Gasteiger charge is -2.33. The van der Waals surface area contributed by atoms with Crippen molar-refractivity contribution in [1.29, 1.82) is 0 Å². The molecule has 2 atom stereocenters. The maximum Gasteiger partial charge on any atom is 0.391 e. The molecule has 164 valence electrons. The monoisotopic (exact) mass is 415 g/mol. The van der Waals surface area contributed by atoms with Crippen molar-refractivity contribution in [3.8, 4) is 11.5 Å². The molecule has 0 aliphatic heterocycles. The molecule has 0 spiro atoms. The number of hydrogen-bond donors (Lipinski definition) is 2. The van der Waals surface area contributed by atoms with Gasteiger partial charge in [0.1, 0.15) is 0 Å². The van der Waals surface area contributed by atoms with Gasteiger partial charge in [0.15, 0.2) is 17.5 Å². The second-order valence-electron chi connectivity index (χ2n) is 8.13. The van der Waals surface area contributed by atoms with E-state index in [1.807, 2.05) is 18.2 Å². The number of halogens is 3. The Morgan fingerprint density at radius 2 is 1.83 bits per heavy atom. The predicted molar refractivity (Wildman–Crippen MR) is 109 cm³/mol. The minimum atomic E-state index is -4.13. The first-order valence-corrected chi connectivity index (χ1v) is 9.87. The van der Waals surface area contributed by atoms with Crippen LogP contribution >= 0.6 is 0 Å². The molecule has 0 radical (unpaired) electrons. The average Bonchev–Trinajstić information content (AvgIpc) is 2.70. The molecule has 8 heteroatoms. The molecule has 1 fully saturated rings. The van der Waals surface area contributed by atoms with Crippen LogP contribution in [-0.2, 0) is 5.41 Å². The van der Waals surface area contributed by atoms with E-state index in [2.05, 4.69) is 29.5 Å². The maximum absolute atomic E-state index is 13.0. The number of guanidine groups is 1. The van der Waals surface area contributed by atoms with Crippen LogP contribution in [0.1, 0.15) is 45.1 Å². The molecule has 1 aromatic carbocycles. The summed E-state index contributed by atoms with van der Waals surface area (Å²) in [5.74, 6) is 0.594. The molecule has 1 saturated carbocycles. The number of nitrogens with one attached hydrogen (secondary N) is 2. The third-order valence-electron chi connectivity index (χ3n) is 5.56. The second kappa shape index (κ2) is 9.59. The molecule has 0 amide bonds. The lowest BCUT2D eigenvalue weighted by atomic mass is 9.84. The van der Waals surface area contributed by atoms with E-state index in [0.29, 0.717) is 36.8 Å². The van der Waals surface area contributed by atoms with Gasteiger partial charge in [0.2, 0.25) is 0 Å². The summed E-state index contributed by atoms with van der Waals surface area (Å²) in [4.78, 5) is 4.20. The first-order chi connectivity index (χ1) is 13.6. The van der Waals surface area contributed by atoms with Crippen LogP contribution in [0.15, 0.2) is 23.2 Å². The standard InChI is InChI=1S/C21H32F3N3O2/c1-20(2,14-9-10-17(28-4)18(12-14)29-5)13-26-19(25-3)27-16-8-6-7-15(11-16)21(22,23)24/h9-10,12,15-16H,6-8,11,13H2,1-5H3,(H2,25,26,27). The molecule has 0 saturated heterocycles. The van der Waals surface area contributed by atoms with Gasteiger partial charge in [-0.05, 0) is 37.0 Å². The number of rotatable bonds is 6. The number of hydrogen-bond acceptors (Lipinski definition) is 3. The number of ether oxygens (including phenoxy) is 2. The lowest BCUT2D eigenvalue weighted by molar-refractivity contribution is -0.183. The van der Waals surface area contributed by atoms with Crippen molar-refractivity contribution in [1.82, 2.24) is 10.6 Å². The third-order valence-corrected chi connectivity index (χ3v) is 5.56. The zero-order valence-electron chi connectivity index (χ0n) is 17.8. The summed E-state index contributed by atoms with van der Waals surface area (Å²) in [5, 5.41) is 6.43. The van der Waals surface area contributed by atoms with Crippen molar-refractivity contribution in [3.63, 3.8) is 0 Å². The predicted octanol–water partition coefficient (Wildman–Crippen LogP) is 4.27. The van der Waals surface area contributed by atoms with E-state index in [0.717, 1.165) is 5.56 Å². The van der Waals surface area contributed by atoms with Gasteiger partial charge in [-0.15, -0.1) is 0 Å².